The van der Waals surface area contributed by atoms with E-state index in [9.17, 15) is 14.3 Å². The van der Waals surface area contributed by atoms with E-state index in [1.54, 1.807) is 13.8 Å². The summed E-state index contributed by atoms with van der Waals surface area (Å²) in [5, 5.41) is 9.98. The number of carbonyl (C=O) groups excluding carboxylic acids is 1. The molecule has 0 aromatic carbocycles. The van der Waals surface area contributed by atoms with Crippen molar-refractivity contribution in [2.24, 2.45) is 11.3 Å². The van der Waals surface area contributed by atoms with Gasteiger partial charge in [0.05, 0.1) is 23.7 Å². The Morgan fingerprint density at radius 2 is 2.15 bits per heavy atom. The highest BCUT2D eigenvalue weighted by Gasteiger charge is 2.48. The van der Waals surface area contributed by atoms with Crippen molar-refractivity contribution in [2.75, 3.05) is 11.4 Å². The standard InChI is InChI=1S/C20H31BFN3O2/c1-5-6-8-19(4)10-15(7-9-20(19,21)22)13-25(14-26)17-12-23-16(11-24-17)18(2,3)27/h11-12,14-15,27H,5-10,13H2,1-4H3/t15?,19-,20-/m1/s1. The lowest BCUT2D eigenvalue weighted by molar-refractivity contribution is -0.107. The fraction of sp³-hybridized carbons (Fsp3) is 0.750. The number of aliphatic hydroxyl groups is 1. The number of halogens is 1. The van der Waals surface area contributed by atoms with Crippen molar-refractivity contribution in [1.29, 1.82) is 0 Å². The summed E-state index contributed by atoms with van der Waals surface area (Å²) in [5.74, 6) is 0.582. The van der Waals surface area contributed by atoms with E-state index in [-0.39, 0.29) is 5.92 Å². The molecule has 0 aliphatic heterocycles. The van der Waals surface area contributed by atoms with Crippen molar-refractivity contribution in [3.8, 4) is 0 Å². The molecule has 3 atom stereocenters. The fourth-order valence-corrected chi connectivity index (χ4v) is 3.91. The number of unbranched alkanes of at least 4 members (excludes halogenated alkanes) is 1. The average Bonchev–Trinajstić information content (AvgIpc) is 2.60. The Balaban J connectivity index is 2.10. The number of aromatic nitrogens is 2. The smallest absolute Gasteiger partial charge is 0.215 e. The molecule has 0 bridgehead atoms. The number of carbonyl (C=O) groups is 1. The van der Waals surface area contributed by atoms with Crippen molar-refractivity contribution in [2.45, 2.75) is 77.4 Å². The van der Waals surface area contributed by atoms with E-state index in [1.807, 2.05) is 6.92 Å². The van der Waals surface area contributed by atoms with Gasteiger partial charge in [0.2, 0.25) is 6.41 Å². The van der Waals surface area contributed by atoms with Gasteiger partial charge in [-0.15, -0.1) is 0 Å². The van der Waals surface area contributed by atoms with Crippen LogP contribution in [-0.4, -0.2) is 41.4 Å². The summed E-state index contributed by atoms with van der Waals surface area (Å²) in [6.07, 6.45) is 7.95. The first-order valence-electron chi connectivity index (χ1n) is 9.77. The molecule has 1 aliphatic rings. The lowest BCUT2D eigenvalue weighted by Crippen LogP contribution is -2.49. The van der Waals surface area contributed by atoms with E-state index >= 15 is 0 Å². The van der Waals surface area contributed by atoms with Crippen LogP contribution in [-0.2, 0) is 10.4 Å². The molecule has 0 saturated heterocycles. The Hall–Kier alpha value is -1.50. The van der Waals surface area contributed by atoms with Crippen LogP contribution in [0.4, 0.5) is 10.2 Å². The molecular weight excluding hydrogens is 344 g/mol. The van der Waals surface area contributed by atoms with Gasteiger partial charge in [-0.3, -0.25) is 19.1 Å². The zero-order valence-corrected chi connectivity index (χ0v) is 16.9. The summed E-state index contributed by atoms with van der Waals surface area (Å²) >= 11 is 0. The molecule has 1 unspecified atom stereocenters. The van der Waals surface area contributed by atoms with Crippen LogP contribution in [0.5, 0.6) is 0 Å². The van der Waals surface area contributed by atoms with Crippen LogP contribution < -0.4 is 4.90 Å². The average molecular weight is 375 g/mol. The minimum absolute atomic E-state index is 0.153. The van der Waals surface area contributed by atoms with E-state index in [2.05, 4.69) is 16.9 Å². The lowest BCUT2D eigenvalue weighted by Gasteiger charge is -2.49. The highest BCUT2D eigenvalue weighted by molar-refractivity contribution is 6.15. The monoisotopic (exact) mass is 375 g/mol. The summed E-state index contributed by atoms with van der Waals surface area (Å²) in [6, 6.07) is 0. The van der Waals surface area contributed by atoms with E-state index in [4.69, 9.17) is 7.85 Å². The first-order valence-corrected chi connectivity index (χ1v) is 9.77. The van der Waals surface area contributed by atoms with Gasteiger partial charge in [0.25, 0.3) is 0 Å². The third-order valence-corrected chi connectivity index (χ3v) is 5.88. The number of alkyl halides is 1. The molecule has 2 rings (SSSR count). The van der Waals surface area contributed by atoms with Crippen LogP contribution in [0.2, 0.25) is 0 Å². The second kappa shape index (κ2) is 8.25. The van der Waals surface area contributed by atoms with Crippen LogP contribution >= 0.6 is 0 Å². The molecule has 1 amide bonds. The highest BCUT2D eigenvalue weighted by Crippen LogP contribution is 2.50. The Labute approximate surface area is 163 Å². The maximum atomic E-state index is 15.0. The second-order valence-corrected chi connectivity index (χ2v) is 8.71. The minimum Gasteiger partial charge on any atom is -0.384 e. The van der Waals surface area contributed by atoms with Gasteiger partial charge in [-0.2, -0.15) is 0 Å². The summed E-state index contributed by atoms with van der Waals surface area (Å²) in [7, 11) is 6.00. The minimum atomic E-state index is -1.67. The summed E-state index contributed by atoms with van der Waals surface area (Å²) in [6.45, 7) is 7.73. The molecular formula is C20H31BFN3O2. The van der Waals surface area contributed by atoms with Crippen LogP contribution in [0.3, 0.4) is 0 Å². The highest BCUT2D eigenvalue weighted by atomic mass is 19.1. The maximum Gasteiger partial charge on any atom is 0.215 e. The van der Waals surface area contributed by atoms with Crippen LogP contribution in [0, 0.1) is 11.3 Å². The zero-order chi connectivity index (χ0) is 20.3. The molecule has 1 saturated carbocycles. The van der Waals surface area contributed by atoms with Gasteiger partial charge < -0.3 is 5.11 Å². The number of anilines is 1. The molecule has 1 aromatic rings. The van der Waals surface area contributed by atoms with E-state index in [0.717, 1.165) is 25.7 Å². The third kappa shape index (κ3) is 5.06. The Bertz CT molecular complexity index is 633. The van der Waals surface area contributed by atoms with Gasteiger partial charge in [-0.25, -0.2) is 4.98 Å². The largest absolute Gasteiger partial charge is 0.384 e. The van der Waals surface area contributed by atoms with Gasteiger partial charge in [0.15, 0.2) is 5.82 Å². The van der Waals surface area contributed by atoms with Crippen molar-refractivity contribution in [3.05, 3.63) is 18.1 Å². The Morgan fingerprint density at radius 1 is 1.44 bits per heavy atom. The fourth-order valence-electron chi connectivity index (χ4n) is 3.91. The van der Waals surface area contributed by atoms with Crippen molar-refractivity contribution in [1.82, 2.24) is 9.97 Å². The zero-order valence-electron chi connectivity index (χ0n) is 16.9. The Kier molecular flexibility index (Phi) is 6.66. The van der Waals surface area contributed by atoms with Gasteiger partial charge in [0.1, 0.15) is 13.4 Å². The number of amides is 1. The van der Waals surface area contributed by atoms with Crippen molar-refractivity contribution in [3.63, 3.8) is 0 Å². The molecule has 0 spiro atoms. The predicted molar refractivity (Wildman–Crippen MR) is 105 cm³/mol. The molecule has 1 fully saturated rings. The number of hydrogen-bond donors (Lipinski definition) is 1. The Morgan fingerprint density at radius 3 is 2.67 bits per heavy atom. The van der Waals surface area contributed by atoms with Crippen molar-refractivity contribution >= 4 is 20.1 Å². The van der Waals surface area contributed by atoms with Crippen LogP contribution in [0.25, 0.3) is 0 Å². The molecule has 27 heavy (non-hydrogen) atoms. The first-order chi connectivity index (χ1) is 12.5. The lowest BCUT2D eigenvalue weighted by atomic mass is 9.52. The maximum absolute atomic E-state index is 15.0. The molecule has 1 N–H and O–H groups in total. The van der Waals surface area contributed by atoms with Gasteiger partial charge in [-0.05, 0) is 50.9 Å². The number of rotatable bonds is 8. The van der Waals surface area contributed by atoms with Crippen LogP contribution in [0.1, 0.15) is 71.9 Å². The van der Waals surface area contributed by atoms with Gasteiger partial charge in [-0.1, -0.05) is 26.7 Å². The molecule has 1 aliphatic carbocycles. The van der Waals surface area contributed by atoms with Crippen LogP contribution in [0.15, 0.2) is 12.4 Å². The summed E-state index contributed by atoms with van der Waals surface area (Å²) < 4.78 is 15.0. The summed E-state index contributed by atoms with van der Waals surface area (Å²) in [4.78, 5) is 21.6. The predicted octanol–water partition coefficient (Wildman–Crippen LogP) is 3.50. The quantitative estimate of drug-likeness (QED) is 0.558. The number of nitrogens with zero attached hydrogens (tertiary/aromatic N) is 3. The second-order valence-electron chi connectivity index (χ2n) is 8.71. The summed E-state index contributed by atoms with van der Waals surface area (Å²) in [5.41, 5.74) is -2.91. The first kappa shape index (κ1) is 21.8. The van der Waals surface area contributed by atoms with E-state index in [1.165, 1.54) is 17.3 Å². The third-order valence-electron chi connectivity index (χ3n) is 5.88. The molecule has 1 heterocycles. The van der Waals surface area contributed by atoms with E-state index in [0.29, 0.717) is 37.3 Å². The van der Waals surface area contributed by atoms with Gasteiger partial charge >= 0.3 is 0 Å². The molecule has 1 aromatic heterocycles. The SMILES string of the molecule is [B][C@@]1(F)CCC(CN(C=O)c2cnc(C(C)(C)O)cn2)C[C@@]1(C)CCCC. The van der Waals surface area contributed by atoms with Gasteiger partial charge in [0, 0.05) is 6.54 Å². The normalized spacial score (nSPS) is 28.7. The van der Waals surface area contributed by atoms with Crippen molar-refractivity contribution < 1.29 is 14.3 Å². The molecule has 2 radical (unpaired) electrons. The molecule has 5 nitrogen and oxygen atoms in total. The molecule has 7 heteroatoms. The number of hydrogen-bond acceptors (Lipinski definition) is 4. The van der Waals surface area contributed by atoms with E-state index < -0.39 is 16.6 Å². The molecule has 148 valence electrons. The topological polar surface area (TPSA) is 66.3 Å².